The van der Waals surface area contributed by atoms with Crippen LogP contribution in [0.1, 0.15) is 17.2 Å². The van der Waals surface area contributed by atoms with Gasteiger partial charge < -0.3 is 15.2 Å². The van der Waals surface area contributed by atoms with Crippen LogP contribution in [0.3, 0.4) is 0 Å². The van der Waals surface area contributed by atoms with Crippen molar-refractivity contribution < 1.29 is 9.47 Å². The van der Waals surface area contributed by atoms with Crippen LogP contribution in [0.4, 0.5) is 0 Å². The van der Waals surface area contributed by atoms with E-state index in [1.165, 1.54) is 5.56 Å². The van der Waals surface area contributed by atoms with E-state index in [1.54, 1.807) is 0 Å². The van der Waals surface area contributed by atoms with Gasteiger partial charge in [-0.3, -0.25) is 0 Å². The average molecular weight is 255 g/mol. The fourth-order valence-corrected chi connectivity index (χ4v) is 2.28. The monoisotopic (exact) mass is 255 g/mol. The normalized spacial score (nSPS) is 15.0. The molecule has 1 atom stereocenters. The molecule has 1 unspecified atom stereocenters. The lowest BCUT2D eigenvalue weighted by atomic mass is 9.99. The van der Waals surface area contributed by atoms with E-state index in [2.05, 4.69) is 12.1 Å². The van der Waals surface area contributed by atoms with Gasteiger partial charge in [0, 0.05) is 6.04 Å². The summed E-state index contributed by atoms with van der Waals surface area (Å²) in [4.78, 5) is 0. The Hall–Kier alpha value is -2.00. The topological polar surface area (TPSA) is 44.5 Å². The van der Waals surface area contributed by atoms with Crippen LogP contribution in [0.5, 0.6) is 11.5 Å². The first-order valence-electron chi connectivity index (χ1n) is 6.52. The SMILES string of the molecule is NC(Cc1ccccc1)c1ccc2c(c1)OCCO2. The Bertz CT molecular complexity index is 554. The van der Waals surface area contributed by atoms with Gasteiger partial charge in [-0.1, -0.05) is 36.4 Å². The van der Waals surface area contributed by atoms with Crippen molar-refractivity contribution in [2.45, 2.75) is 12.5 Å². The minimum atomic E-state index is -0.0294. The van der Waals surface area contributed by atoms with Gasteiger partial charge in [0.15, 0.2) is 11.5 Å². The number of nitrogens with two attached hydrogens (primary N) is 1. The van der Waals surface area contributed by atoms with Crippen molar-refractivity contribution >= 4 is 0 Å². The zero-order valence-electron chi connectivity index (χ0n) is 10.7. The maximum absolute atomic E-state index is 6.26. The standard InChI is InChI=1S/C16H17NO2/c17-14(10-12-4-2-1-3-5-12)13-6-7-15-16(11-13)19-9-8-18-15/h1-7,11,14H,8-10,17H2. The zero-order chi connectivity index (χ0) is 13.1. The summed E-state index contributed by atoms with van der Waals surface area (Å²) < 4.78 is 11.1. The van der Waals surface area contributed by atoms with Crippen molar-refractivity contribution in [1.29, 1.82) is 0 Å². The second-order valence-electron chi connectivity index (χ2n) is 4.70. The number of fused-ring (bicyclic) bond motifs is 1. The summed E-state index contributed by atoms with van der Waals surface area (Å²) in [6.07, 6.45) is 0.820. The van der Waals surface area contributed by atoms with E-state index in [0.29, 0.717) is 13.2 Å². The van der Waals surface area contributed by atoms with Crippen LogP contribution in [0.25, 0.3) is 0 Å². The molecule has 0 spiro atoms. The molecule has 19 heavy (non-hydrogen) atoms. The van der Waals surface area contributed by atoms with E-state index in [4.69, 9.17) is 15.2 Å². The number of ether oxygens (including phenoxy) is 2. The van der Waals surface area contributed by atoms with Gasteiger partial charge in [-0.15, -0.1) is 0 Å². The summed E-state index contributed by atoms with van der Waals surface area (Å²) in [5.74, 6) is 1.61. The number of hydrogen-bond acceptors (Lipinski definition) is 3. The van der Waals surface area contributed by atoms with E-state index < -0.39 is 0 Å². The van der Waals surface area contributed by atoms with E-state index in [9.17, 15) is 0 Å². The van der Waals surface area contributed by atoms with E-state index in [-0.39, 0.29) is 6.04 Å². The Labute approximate surface area is 113 Å². The minimum absolute atomic E-state index is 0.0294. The van der Waals surface area contributed by atoms with E-state index >= 15 is 0 Å². The Morgan fingerprint density at radius 1 is 0.947 bits per heavy atom. The molecule has 0 bridgehead atoms. The molecule has 0 saturated heterocycles. The van der Waals surface area contributed by atoms with Crippen molar-refractivity contribution in [3.05, 3.63) is 59.7 Å². The minimum Gasteiger partial charge on any atom is -0.486 e. The van der Waals surface area contributed by atoms with Crippen molar-refractivity contribution in [2.24, 2.45) is 5.73 Å². The smallest absolute Gasteiger partial charge is 0.161 e. The number of hydrogen-bond donors (Lipinski definition) is 1. The van der Waals surface area contributed by atoms with Crippen LogP contribution in [0, 0.1) is 0 Å². The third kappa shape index (κ3) is 2.71. The van der Waals surface area contributed by atoms with Gasteiger partial charge in [0.05, 0.1) is 0 Å². The fraction of sp³-hybridized carbons (Fsp3) is 0.250. The third-order valence-corrected chi connectivity index (χ3v) is 3.29. The second-order valence-corrected chi connectivity index (χ2v) is 4.70. The largest absolute Gasteiger partial charge is 0.486 e. The summed E-state index contributed by atoms with van der Waals surface area (Å²) >= 11 is 0. The molecule has 1 aliphatic heterocycles. The predicted molar refractivity (Wildman–Crippen MR) is 74.5 cm³/mol. The Morgan fingerprint density at radius 2 is 1.68 bits per heavy atom. The molecule has 0 aliphatic carbocycles. The predicted octanol–water partition coefficient (Wildman–Crippen LogP) is 2.70. The first-order chi connectivity index (χ1) is 9.33. The maximum Gasteiger partial charge on any atom is 0.161 e. The van der Waals surface area contributed by atoms with Crippen molar-refractivity contribution in [1.82, 2.24) is 0 Å². The average Bonchev–Trinajstić information content (AvgIpc) is 2.48. The molecule has 2 aromatic carbocycles. The summed E-state index contributed by atoms with van der Waals surface area (Å²) in [5.41, 5.74) is 8.58. The summed E-state index contributed by atoms with van der Waals surface area (Å²) in [6.45, 7) is 1.22. The highest BCUT2D eigenvalue weighted by Crippen LogP contribution is 2.32. The molecule has 3 heteroatoms. The van der Waals surface area contributed by atoms with Crippen LogP contribution in [0.15, 0.2) is 48.5 Å². The highest BCUT2D eigenvalue weighted by atomic mass is 16.6. The molecule has 3 nitrogen and oxygen atoms in total. The molecule has 0 amide bonds. The Morgan fingerprint density at radius 3 is 2.47 bits per heavy atom. The molecule has 0 radical (unpaired) electrons. The number of rotatable bonds is 3. The van der Waals surface area contributed by atoms with E-state index in [0.717, 1.165) is 23.5 Å². The van der Waals surface area contributed by atoms with Gasteiger partial charge in [-0.25, -0.2) is 0 Å². The highest BCUT2D eigenvalue weighted by Gasteiger charge is 2.14. The van der Waals surface area contributed by atoms with Crippen LogP contribution < -0.4 is 15.2 Å². The van der Waals surface area contributed by atoms with Gasteiger partial charge in [0.25, 0.3) is 0 Å². The lowest BCUT2D eigenvalue weighted by molar-refractivity contribution is 0.171. The van der Waals surface area contributed by atoms with Crippen LogP contribution in [-0.2, 0) is 6.42 Å². The van der Waals surface area contributed by atoms with E-state index in [1.807, 2.05) is 36.4 Å². The summed E-state index contributed by atoms with van der Waals surface area (Å²) in [6, 6.07) is 16.2. The van der Waals surface area contributed by atoms with Gasteiger partial charge >= 0.3 is 0 Å². The highest BCUT2D eigenvalue weighted by molar-refractivity contribution is 5.44. The van der Waals surface area contributed by atoms with Crippen molar-refractivity contribution in [3.63, 3.8) is 0 Å². The Balaban J connectivity index is 1.78. The zero-order valence-corrected chi connectivity index (χ0v) is 10.7. The lowest BCUT2D eigenvalue weighted by Gasteiger charge is -2.20. The molecule has 2 aromatic rings. The van der Waals surface area contributed by atoms with Crippen LogP contribution in [0.2, 0.25) is 0 Å². The first kappa shape index (κ1) is 12.1. The van der Waals surface area contributed by atoms with Crippen molar-refractivity contribution in [3.8, 4) is 11.5 Å². The molecule has 0 fully saturated rings. The van der Waals surface area contributed by atoms with Crippen LogP contribution in [-0.4, -0.2) is 13.2 Å². The summed E-state index contributed by atoms with van der Waals surface area (Å²) in [7, 11) is 0. The van der Waals surface area contributed by atoms with Gasteiger partial charge in [-0.05, 0) is 29.7 Å². The quantitative estimate of drug-likeness (QED) is 0.917. The molecule has 2 N–H and O–H groups in total. The molecule has 0 saturated carbocycles. The second kappa shape index (κ2) is 5.33. The molecular weight excluding hydrogens is 238 g/mol. The first-order valence-corrected chi connectivity index (χ1v) is 6.52. The lowest BCUT2D eigenvalue weighted by Crippen LogP contribution is -2.17. The van der Waals surface area contributed by atoms with Gasteiger partial charge in [0.1, 0.15) is 13.2 Å². The maximum atomic E-state index is 6.26. The Kier molecular flexibility index (Phi) is 3.38. The third-order valence-electron chi connectivity index (χ3n) is 3.29. The van der Waals surface area contributed by atoms with Crippen LogP contribution >= 0.6 is 0 Å². The van der Waals surface area contributed by atoms with Gasteiger partial charge in [0.2, 0.25) is 0 Å². The van der Waals surface area contributed by atoms with Gasteiger partial charge in [-0.2, -0.15) is 0 Å². The molecule has 3 rings (SSSR count). The molecule has 0 aromatic heterocycles. The molecular formula is C16H17NO2. The number of benzene rings is 2. The van der Waals surface area contributed by atoms with Crippen molar-refractivity contribution in [2.75, 3.05) is 13.2 Å². The molecule has 1 heterocycles. The molecule has 1 aliphatic rings. The summed E-state index contributed by atoms with van der Waals surface area (Å²) in [5, 5.41) is 0. The fourth-order valence-electron chi connectivity index (χ4n) is 2.28. The molecule has 98 valence electrons.